The maximum Gasteiger partial charge on any atom is 0.264 e. The molecular formula is C23H22ClN5O3. The van der Waals surface area contributed by atoms with Gasteiger partial charge in [0.15, 0.2) is 5.82 Å². The number of para-hydroxylation sites is 1. The maximum atomic E-state index is 13.5. The number of aromatic nitrogens is 3. The standard InChI is InChI=1S/C23H22ClN5O3/c1-13(26-21(30)19-20(25)27-28(2)23(19)32-3)17-12-14-8-7-11-16(24)18(14)22(31)29(17)15-9-5-4-6-10-15/h4-13H,1-3H3,(H2,25,27)(H,26,30)/t13-/m0/s1. The number of hydrogen-bond acceptors (Lipinski definition) is 5. The van der Waals surface area contributed by atoms with Crippen LogP contribution in [0.5, 0.6) is 5.88 Å². The average Bonchev–Trinajstić information content (AvgIpc) is 3.06. The highest BCUT2D eigenvalue weighted by molar-refractivity contribution is 6.35. The van der Waals surface area contributed by atoms with Crippen LogP contribution < -0.4 is 21.3 Å². The van der Waals surface area contributed by atoms with E-state index in [2.05, 4.69) is 10.4 Å². The Hall–Kier alpha value is -3.78. The van der Waals surface area contributed by atoms with Gasteiger partial charge in [0.05, 0.1) is 23.6 Å². The van der Waals surface area contributed by atoms with Gasteiger partial charge in [0.25, 0.3) is 11.5 Å². The first-order valence-electron chi connectivity index (χ1n) is 9.90. The molecule has 0 saturated heterocycles. The molecule has 2 aromatic carbocycles. The summed E-state index contributed by atoms with van der Waals surface area (Å²) in [5, 5.41) is 8.43. The second kappa shape index (κ2) is 8.39. The largest absolute Gasteiger partial charge is 0.481 e. The Balaban J connectivity index is 1.85. The van der Waals surface area contributed by atoms with Crippen LogP contribution >= 0.6 is 11.6 Å². The predicted octanol–water partition coefficient (Wildman–Crippen LogP) is 3.46. The number of anilines is 1. The molecule has 0 spiro atoms. The zero-order chi connectivity index (χ0) is 23.0. The summed E-state index contributed by atoms with van der Waals surface area (Å²) in [6.45, 7) is 1.79. The fourth-order valence-corrected chi connectivity index (χ4v) is 4.08. The Kier molecular flexibility index (Phi) is 5.63. The summed E-state index contributed by atoms with van der Waals surface area (Å²) in [6.07, 6.45) is 0. The quantitative estimate of drug-likeness (QED) is 0.483. The molecule has 0 unspecified atom stereocenters. The topological polar surface area (TPSA) is 104 Å². The van der Waals surface area contributed by atoms with Crippen LogP contribution in [0.3, 0.4) is 0 Å². The molecule has 2 aromatic heterocycles. The van der Waals surface area contributed by atoms with E-state index in [-0.39, 0.29) is 22.8 Å². The zero-order valence-electron chi connectivity index (χ0n) is 17.8. The van der Waals surface area contributed by atoms with E-state index in [9.17, 15) is 9.59 Å². The predicted molar refractivity (Wildman–Crippen MR) is 125 cm³/mol. The molecule has 0 aliphatic rings. The van der Waals surface area contributed by atoms with Crippen LogP contribution in [0.25, 0.3) is 16.5 Å². The van der Waals surface area contributed by atoms with Crippen molar-refractivity contribution in [3.05, 3.63) is 81.2 Å². The molecule has 3 N–H and O–H groups in total. The SMILES string of the molecule is COc1c(C(=O)N[C@@H](C)c2cc3cccc(Cl)c3c(=O)n2-c2ccccc2)c(N)nn1C. The summed E-state index contributed by atoms with van der Waals surface area (Å²) in [5.74, 6) is -0.157. The van der Waals surface area contributed by atoms with Crippen molar-refractivity contribution in [1.29, 1.82) is 0 Å². The summed E-state index contributed by atoms with van der Waals surface area (Å²) >= 11 is 6.35. The highest BCUT2D eigenvalue weighted by Gasteiger charge is 2.25. The number of nitrogens with two attached hydrogens (primary N) is 1. The Morgan fingerprint density at radius 1 is 1.19 bits per heavy atom. The number of carbonyl (C=O) groups excluding carboxylic acids is 1. The number of methoxy groups -OCH3 is 1. The molecule has 0 aliphatic carbocycles. The Morgan fingerprint density at radius 3 is 2.59 bits per heavy atom. The smallest absolute Gasteiger partial charge is 0.264 e. The summed E-state index contributed by atoms with van der Waals surface area (Å²) in [7, 11) is 3.08. The molecule has 0 radical (unpaired) electrons. The van der Waals surface area contributed by atoms with Crippen molar-refractivity contribution in [2.45, 2.75) is 13.0 Å². The lowest BCUT2D eigenvalue weighted by Crippen LogP contribution is -2.32. The van der Waals surface area contributed by atoms with Crippen molar-refractivity contribution in [3.63, 3.8) is 0 Å². The number of nitrogens with zero attached hydrogens (tertiary/aromatic N) is 3. The Bertz CT molecular complexity index is 1380. The molecule has 0 fully saturated rings. The van der Waals surface area contributed by atoms with Crippen molar-refractivity contribution in [2.24, 2.45) is 7.05 Å². The number of amides is 1. The minimum atomic E-state index is -0.553. The Labute approximate surface area is 189 Å². The van der Waals surface area contributed by atoms with E-state index in [1.54, 1.807) is 30.7 Å². The number of fused-ring (bicyclic) bond motifs is 1. The number of nitrogen functional groups attached to an aromatic ring is 1. The third-order valence-electron chi connectivity index (χ3n) is 5.27. The number of benzene rings is 2. The average molecular weight is 452 g/mol. The van der Waals surface area contributed by atoms with Gasteiger partial charge < -0.3 is 15.8 Å². The molecule has 8 nitrogen and oxygen atoms in total. The van der Waals surface area contributed by atoms with Gasteiger partial charge in [-0.3, -0.25) is 14.2 Å². The second-order valence-electron chi connectivity index (χ2n) is 7.34. The fourth-order valence-electron chi connectivity index (χ4n) is 3.82. The van der Waals surface area contributed by atoms with Crippen molar-refractivity contribution in [3.8, 4) is 11.6 Å². The first-order valence-corrected chi connectivity index (χ1v) is 10.3. The summed E-state index contributed by atoms with van der Waals surface area (Å²) in [4.78, 5) is 26.6. The number of pyridine rings is 1. The van der Waals surface area contributed by atoms with Gasteiger partial charge in [-0.2, -0.15) is 5.10 Å². The van der Waals surface area contributed by atoms with E-state index >= 15 is 0 Å². The molecule has 1 amide bonds. The van der Waals surface area contributed by atoms with Gasteiger partial charge in [0, 0.05) is 18.4 Å². The normalized spacial score (nSPS) is 12.0. The summed E-state index contributed by atoms with van der Waals surface area (Å²) in [5.41, 5.74) is 7.04. The molecule has 0 bridgehead atoms. The minimum Gasteiger partial charge on any atom is -0.481 e. The molecule has 4 rings (SSSR count). The van der Waals surface area contributed by atoms with E-state index in [0.717, 1.165) is 0 Å². The van der Waals surface area contributed by atoms with Crippen molar-refractivity contribution in [1.82, 2.24) is 19.7 Å². The van der Waals surface area contributed by atoms with Gasteiger partial charge in [-0.1, -0.05) is 41.9 Å². The third-order valence-corrected chi connectivity index (χ3v) is 5.59. The summed E-state index contributed by atoms with van der Waals surface area (Å²) < 4.78 is 8.23. The maximum absolute atomic E-state index is 13.5. The molecule has 9 heteroatoms. The number of aryl methyl sites for hydroxylation is 1. The van der Waals surface area contributed by atoms with Crippen LogP contribution in [0.4, 0.5) is 5.82 Å². The van der Waals surface area contributed by atoms with Crippen LogP contribution in [-0.4, -0.2) is 27.4 Å². The first-order chi connectivity index (χ1) is 15.3. The van der Waals surface area contributed by atoms with E-state index in [4.69, 9.17) is 22.1 Å². The molecule has 2 heterocycles. The van der Waals surface area contributed by atoms with E-state index in [0.29, 0.717) is 27.2 Å². The lowest BCUT2D eigenvalue weighted by molar-refractivity contribution is 0.0936. The lowest BCUT2D eigenvalue weighted by atomic mass is 10.1. The first kappa shape index (κ1) is 21.5. The van der Waals surface area contributed by atoms with Crippen LogP contribution in [0.2, 0.25) is 5.02 Å². The van der Waals surface area contributed by atoms with Gasteiger partial charge in [0.1, 0.15) is 5.56 Å². The van der Waals surface area contributed by atoms with Gasteiger partial charge in [-0.25, -0.2) is 4.68 Å². The number of halogens is 1. The third kappa shape index (κ3) is 3.58. The van der Waals surface area contributed by atoms with Gasteiger partial charge >= 0.3 is 0 Å². The highest BCUT2D eigenvalue weighted by atomic mass is 35.5. The Morgan fingerprint density at radius 2 is 1.91 bits per heavy atom. The van der Waals surface area contributed by atoms with Crippen molar-refractivity contribution in [2.75, 3.05) is 12.8 Å². The van der Waals surface area contributed by atoms with Crippen molar-refractivity contribution < 1.29 is 9.53 Å². The summed E-state index contributed by atoms with van der Waals surface area (Å²) in [6, 6.07) is 15.8. The fraction of sp³-hybridized carbons (Fsp3) is 0.174. The van der Waals surface area contributed by atoms with Crippen LogP contribution in [0.1, 0.15) is 29.0 Å². The zero-order valence-corrected chi connectivity index (χ0v) is 18.6. The van der Waals surface area contributed by atoms with Crippen LogP contribution in [0, 0.1) is 0 Å². The van der Waals surface area contributed by atoms with Crippen LogP contribution in [-0.2, 0) is 7.05 Å². The molecule has 0 aliphatic heterocycles. The molecule has 0 saturated carbocycles. The van der Waals surface area contributed by atoms with E-state index in [1.165, 1.54) is 11.8 Å². The highest BCUT2D eigenvalue weighted by Crippen LogP contribution is 2.27. The molecule has 164 valence electrons. The molecule has 4 aromatic rings. The monoisotopic (exact) mass is 451 g/mol. The molecule has 1 atom stereocenters. The van der Waals surface area contributed by atoms with Crippen molar-refractivity contribution >= 4 is 34.1 Å². The van der Waals surface area contributed by atoms with Gasteiger partial charge in [-0.05, 0) is 36.6 Å². The number of rotatable bonds is 5. The van der Waals surface area contributed by atoms with Gasteiger partial charge in [-0.15, -0.1) is 0 Å². The number of carbonyl (C=O) groups is 1. The molecular weight excluding hydrogens is 430 g/mol. The minimum absolute atomic E-state index is 0.0554. The van der Waals surface area contributed by atoms with Gasteiger partial charge in [0.2, 0.25) is 5.88 Å². The number of ether oxygens (including phenoxy) is 1. The number of nitrogens with one attached hydrogen (secondary N) is 1. The lowest BCUT2D eigenvalue weighted by Gasteiger charge is -2.21. The number of hydrogen-bond donors (Lipinski definition) is 2. The van der Waals surface area contributed by atoms with E-state index in [1.807, 2.05) is 42.5 Å². The van der Waals surface area contributed by atoms with Crippen LogP contribution in [0.15, 0.2) is 59.4 Å². The molecule has 32 heavy (non-hydrogen) atoms. The van der Waals surface area contributed by atoms with E-state index < -0.39 is 11.9 Å². The second-order valence-corrected chi connectivity index (χ2v) is 7.74.